The molecule has 134 valence electrons. The zero-order valence-electron chi connectivity index (χ0n) is 15.7. The Morgan fingerprint density at radius 3 is 2.04 bits per heavy atom. The Bertz CT molecular complexity index is 336. The van der Waals surface area contributed by atoms with Gasteiger partial charge in [0.15, 0.2) is 0 Å². The number of hydrogen-bond acceptors (Lipinski definition) is 2. The number of rotatable bonds is 7. The summed E-state index contributed by atoms with van der Waals surface area (Å²) in [5, 5.41) is 0. The minimum Gasteiger partial charge on any atom is -0.466 e. The highest BCUT2D eigenvalue weighted by molar-refractivity contribution is 5.69. The van der Waals surface area contributed by atoms with Crippen molar-refractivity contribution in [3.8, 4) is 0 Å². The molecule has 2 saturated carbocycles. The summed E-state index contributed by atoms with van der Waals surface area (Å²) in [4.78, 5) is 11.7. The molecule has 0 radical (unpaired) electrons. The minimum absolute atomic E-state index is 0.00336. The first-order chi connectivity index (χ1) is 11.1. The fraction of sp³-hybridized carbons (Fsp3) is 0.952. The second-order valence-corrected chi connectivity index (χ2v) is 8.23. The van der Waals surface area contributed by atoms with Crippen molar-refractivity contribution >= 4 is 5.97 Å². The molecular weight excluding hydrogens is 284 g/mol. The van der Waals surface area contributed by atoms with Gasteiger partial charge in [-0.15, -0.1) is 0 Å². The summed E-state index contributed by atoms with van der Waals surface area (Å²) < 4.78 is 5.11. The van der Waals surface area contributed by atoms with Crippen LogP contribution in [0.15, 0.2) is 0 Å². The summed E-state index contributed by atoms with van der Waals surface area (Å²) in [6.07, 6.45) is 14.8. The number of esters is 1. The average Bonchev–Trinajstić information content (AvgIpc) is 2.56. The highest BCUT2D eigenvalue weighted by Crippen LogP contribution is 2.43. The maximum absolute atomic E-state index is 11.7. The number of ether oxygens (including phenoxy) is 1. The van der Waals surface area contributed by atoms with E-state index in [1.54, 1.807) is 0 Å². The molecule has 2 nitrogen and oxygen atoms in total. The third-order valence-electron chi connectivity index (χ3n) is 6.67. The van der Waals surface area contributed by atoms with Crippen molar-refractivity contribution < 1.29 is 9.53 Å². The van der Waals surface area contributed by atoms with Crippen LogP contribution in [0.1, 0.15) is 91.4 Å². The molecule has 1 atom stereocenters. The summed E-state index contributed by atoms with van der Waals surface area (Å²) in [5.74, 6) is 4.24. The number of hydrogen-bond donors (Lipinski definition) is 0. The molecule has 0 amide bonds. The van der Waals surface area contributed by atoms with Gasteiger partial charge in [0.2, 0.25) is 0 Å². The molecule has 23 heavy (non-hydrogen) atoms. The Hall–Kier alpha value is -0.530. The van der Waals surface area contributed by atoms with Gasteiger partial charge in [-0.3, -0.25) is 4.79 Å². The summed E-state index contributed by atoms with van der Waals surface area (Å²) in [6, 6.07) is 0. The monoisotopic (exact) mass is 322 g/mol. The third-order valence-corrected chi connectivity index (χ3v) is 6.67. The molecule has 2 fully saturated rings. The Balaban J connectivity index is 1.68. The van der Waals surface area contributed by atoms with E-state index in [-0.39, 0.29) is 5.97 Å². The lowest BCUT2D eigenvalue weighted by Crippen LogP contribution is -2.28. The lowest BCUT2D eigenvalue weighted by Gasteiger charge is -2.39. The minimum atomic E-state index is -0.00336. The van der Waals surface area contributed by atoms with E-state index in [0.717, 1.165) is 23.7 Å². The van der Waals surface area contributed by atoms with Crippen molar-refractivity contribution in [2.75, 3.05) is 6.61 Å². The summed E-state index contributed by atoms with van der Waals surface area (Å²) >= 11 is 0. The summed E-state index contributed by atoms with van der Waals surface area (Å²) in [7, 11) is 0. The molecule has 1 unspecified atom stereocenters. The molecule has 0 N–H and O–H groups in total. The quantitative estimate of drug-likeness (QED) is 0.538. The van der Waals surface area contributed by atoms with E-state index < -0.39 is 0 Å². The van der Waals surface area contributed by atoms with Gasteiger partial charge in [-0.25, -0.2) is 0 Å². The number of carbonyl (C=O) groups excluding carboxylic acids is 1. The fourth-order valence-electron chi connectivity index (χ4n) is 5.19. The van der Waals surface area contributed by atoms with Crippen molar-refractivity contribution in [2.45, 2.75) is 91.4 Å². The highest BCUT2D eigenvalue weighted by Gasteiger charge is 2.32. The molecule has 0 aromatic carbocycles. The van der Waals surface area contributed by atoms with Crippen LogP contribution in [0.4, 0.5) is 0 Å². The van der Waals surface area contributed by atoms with Crippen LogP contribution >= 0.6 is 0 Å². The van der Waals surface area contributed by atoms with Crippen LogP contribution in [0.3, 0.4) is 0 Å². The smallest absolute Gasteiger partial charge is 0.306 e. The van der Waals surface area contributed by atoms with Crippen molar-refractivity contribution in [3.05, 3.63) is 0 Å². The van der Waals surface area contributed by atoms with Crippen LogP contribution in [0.2, 0.25) is 0 Å². The lowest BCUT2D eigenvalue weighted by atomic mass is 9.67. The highest BCUT2D eigenvalue weighted by atomic mass is 16.5. The largest absolute Gasteiger partial charge is 0.466 e. The van der Waals surface area contributed by atoms with Crippen molar-refractivity contribution in [3.63, 3.8) is 0 Å². The van der Waals surface area contributed by atoms with Crippen molar-refractivity contribution in [1.29, 1.82) is 0 Å². The van der Waals surface area contributed by atoms with Crippen LogP contribution in [0, 0.1) is 29.6 Å². The zero-order valence-corrected chi connectivity index (χ0v) is 15.7. The first-order valence-electron chi connectivity index (χ1n) is 10.3. The van der Waals surface area contributed by atoms with E-state index in [2.05, 4.69) is 13.8 Å². The summed E-state index contributed by atoms with van der Waals surface area (Å²) in [6.45, 7) is 6.98. The number of carbonyl (C=O) groups is 1. The fourth-order valence-corrected chi connectivity index (χ4v) is 5.19. The van der Waals surface area contributed by atoms with Gasteiger partial charge in [-0.1, -0.05) is 39.5 Å². The molecule has 2 aliphatic carbocycles. The first-order valence-corrected chi connectivity index (χ1v) is 10.3. The van der Waals surface area contributed by atoms with Crippen molar-refractivity contribution in [1.82, 2.24) is 0 Å². The van der Waals surface area contributed by atoms with Gasteiger partial charge in [0.05, 0.1) is 6.61 Å². The molecule has 0 aromatic rings. The Morgan fingerprint density at radius 2 is 1.52 bits per heavy atom. The van der Waals surface area contributed by atoms with E-state index in [1.807, 2.05) is 6.92 Å². The van der Waals surface area contributed by atoms with Crippen molar-refractivity contribution in [2.24, 2.45) is 29.6 Å². The lowest BCUT2D eigenvalue weighted by molar-refractivity contribution is -0.144. The normalized spacial score (nSPS) is 33.2. The van der Waals surface area contributed by atoms with E-state index in [9.17, 15) is 4.79 Å². The van der Waals surface area contributed by atoms with Gasteiger partial charge >= 0.3 is 5.97 Å². The second-order valence-electron chi connectivity index (χ2n) is 8.23. The molecule has 2 aliphatic rings. The van der Waals surface area contributed by atoms with Gasteiger partial charge in [-0.05, 0) is 75.0 Å². The van der Waals surface area contributed by atoms with Gasteiger partial charge in [0, 0.05) is 6.42 Å². The molecular formula is C21H38O2. The van der Waals surface area contributed by atoms with E-state index in [4.69, 9.17) is 4.74 Å². The average molecular weight is 323 g/mol. The van der Waals surface area contributed by atoms with Crippen LogP contribution in [-0.4, -0.2) is 12.6 Å². The topological polar surface area (TPSA) is 26.3 Å². The molecule has 0 spiro atoms. The molecule has 2 rings (SSSR count). The van der Waals surface area contributed by atoms with E-state index in [0.29, 0.717) is 18.9 Å². The second kappa shape index (κ2) is 9.69. The maximum atomic E-state index is 11.7. The Labute approximate surface area is 143 Å². The summed E-state index contributed by atoms with van der Waals surface area (Å²) in [5.41, 5.74) is 0. The SMILES string of the molecule is CCCC1CCC(C2CCC(C(C)CC(=O)OCC)CC2)CC1. The molecule has 2 heteroatoms. The molecule has 0 saturated heterocycles. The molecule has 0 bridgehead atoms. The van der Waals surface area contributed by atoms with E-state index in [1.165, 1.54) is 64.2 Å². The maximum Gasteiger partial charge on any atom is 0.306 e. The van der Waals surface area contributed by atoms with Crippen LogP contribution < -0.4 is 0 Å². The predicted molar refractivity (Wildman–Crippen MR) is 96.2 cm³/mol. The predicted octanol–water partition coefficient (Wildman–Crippen LogP) is 5.99. The standard InChI is InChI=1S/C21H38O2/c1-4-6-17-7-9-19(10-8-17)20-13-11-18(12-14-20)16(3)15-21(22)23-5-2/h16-20H,4-15H2,1-3H3. The molecule has 0 aromatic heterocycles. The first kappa shape index (κ1) is 18.8. The Morgan fingerprint density at radius 1 is 0.957 bits per heavy atom. The third kappa shape index (κ3) is 5.80. The van der Waals surface area contributed by atoms with E-state index >= 15 is 0 Å². The Kier molecular flexibility index (Phi) is 7.92. The van der Waals surface area contributed by atoms with Gasteiger partial charge in [0.1, 0.15) is 0 Å². The van der Waals surface area contributed by atoms with Crippen LogP contribution in [0.5, 0.6) is 0 Å². The zero-order chi connectivity index (χ0) is 16.7. The van der Waals surface area contributed by atoms with Crippen LogP contribution in [0.25, 0.3) is 0 Å². The van der Waals surface area contributed by atoms with Gasteiger partial charge in [0.25, 0.3) is 0 Å². The van der Waals surface area contributed by atoms with Gasteiger partial charge < -0.3 is 4.74 Å². The van der Waals surface area contributed by atoms with Gasteiger partial charge in [-0.2, -0.15) is 0 Å². The molecule has 0 heterocycles. The van der Waals surface area contributed by atoms with Crippen LogP contribution in [-0.2, 0) is 9.53 Å². The molecule has 0 aliphatic heterocycles.